The minimum absolute atomic E-state index is 0.679. The van der Waals surface area contributed by atoms with Crippen LogP contribution in [0.25, 0.3) is 11.3 Å². The molecular weight excluding hydrogens is 222 g/mol. The maximum absolute atomic E-state index is 5.50. The van der Waals surface area contributed by atoms with Gasteiger partial charge in [0, 0.05) is 18.2 Å². The summed E-state index contributed by atoms with van der Waals surface area (Å²) in [4.78, 5) is 8.84. The highest BCUT2D eigenvalue weighted by Gasteiger charge is 2.02. The SMILES string of the molecule is CCc1ccc(-c2ccnc(CCCN)n2)cc1. The summed E-state index contributed by atoms with van der Waals surface area (Å²) >= 11 is 0. The fourth-order valence-electron chi connectivity index (χ4n) is 1.85. The normalized spacial score (nSPS) is 10.6. The van der Waals surface area contributed by atoms with E-state index >= 15 is 0 Å². The van der Waals surface area contributed by atoms with E-state index in [-0.39, 0.29) is 0 Å². The molecule has 1 aromatic heterocycles. The number of rotatable bonds is 5. The van der Waals surface area contributed by atoms with Gasteiger partial charge in [0.2, 0.25) is 0 Å². The van der Waals surface area contributed by atoms with Crippen LogP contribution in [0.3, 0.4) is 0 Å². The van der Waals surface area contributed by atoms with Crippen LogP contribution in [0.4, 0.5) is 0 Å². The van der Waals surface area contributed by atoms with Gasteiger partial charge in [-0.15, -0.1) is 0 Å². The van der Waals surface area contributed by atoms with E-state index in [4.69, 9.17) is 5.73 Å². The molecule has 0 spiro atoms. The maximum atomic E-state index is 5.50. The second-order valence-electron chi connectivity index (χ2n) is 4.30. The molecule has 3 nitrogen and oxygen atoms in total. The lowest BCUT2D eigenvalue weighted by Crippen LogP contribution is -2.03. The molecule has 2 rings (SSSR count). The highest BCUT2D eigenvalue weighted by molar-refractivity contribution is 5.58. The van der Waals surface area contributed by atoms with Crippen molar-refractivity contribution < 1.29 is 0 Å². The van der Waals surface area contributed by atoms with E-state index in [0.717, 1.165) is 36.3 Å². The molecule has 0 radical (unpaired) electrons. The van der Waals surface area contributed by atoms with Gasteiger partial charge in [0.25, 0.3) is 0 Å². The van der Waals surface area contributed by atoms with Crippen molar-refractivity contribution in [1.82, 2.24) is 9.97 Å². The molecule has 0 bridgehead atoms. The van der Waals surface area contributed by atoms with Crippen molar-refractivity contribution in [1.29, 1.82) is 0 Å². The average Bonchev–Trinajstić information content (AvgIpc) is 2.45. The largest absolute Gasteiger partial charge is 0.330 e. The zero-order valence-corrected chi connectivity index (χ0v) is 10.8. The summed E-state index contributed by atoms with van der Waals surface area (Å²) in [6.07, 6.45) is 4.66. The maximum Gasteiger partial charge on any atom is 0.128 e. The van der Waals surface area contributed by atoms with Crippen molar-refractivity contribution in [3.05, 3.63) is 47.9 Å². The van der Waals surface area contributed by atoms with Crippen LogP contribution >= 0.6 is 0 Å². The van der Waals surface area contributed by atoms with E-state index < -0.39 is 0 Å². The standard InChI is InChI=1S/C15H19N3/c1-2-12-5-7-13(8-6-12)14-9-11-17-15(18-14)4-3-10-16/h5-9,11H,2-4,10,16H2,1H3. The predicted octanol–water partition coefficient (Wildman–Crippen LogP) is 2.60. The Morgan fingerprint density at radius 2 is 1.89 bits per heavy atom. The van der Waals surface area contributed by atoms with Gasteiger partial charge in [-0.2, -0.15) is 0 Å². The molecule has 1 aromatic carbocycles. The average molecular weight is 241 g/mol. The Morgan fingerprint density at radius 3 is 2.56 bits per heavy atom. The van der Waals surface area contributed by atoms with Gasteiger partial charge in [0.1, 0.15) is 5.82 Å². The molecule has 18 heavy (non-hydrogen) atoms. The Bertz CT molecular complexity index is 491. The molecule has 0 fully saturated rings. The summed E-state index contributed by atoms with van der Waals surface area (Å²) in [5.74, 6) is 0.873. The highest BCUT2D eigenvalue weighted by atomic mass is 14.9. The first-order valence-electron chi connectivity index (χ1n) is 6.44. The van der Waals surface area contributed by atoms with Crippen LogP contribution in [0.1, 0.15) is 24.7 Å². The summed E-state index contributed by atoms with van der Waals surface area (Å²) in [5.41, 5.74) is 8.97. The Kier molecular flexibility index (Phi) is 4.42. The lowest BCUT2D eigenvalue weighted by Gasteiger charge is -2.04. The number of aromatic nitrogens is 2. The predicted molar refractivity (Wildman–Crippen MR) is 74.2 cm³/mol. The Balaban J connectivity index is 2.20. The third kappa shape index (κ3) is 3.14. The van der Waals surface area contributed by atoms with Gasteiger partial charge in [0.05, 0.1) is 5.69 Å². The number of nitrogens with zero attached hydrogens (tertiary/aromatic N) is 2. The van der Waals surface area contributed by atoms with Gasteiger partial charge in [-0.05, 0) is 31.0 Å². The van der Waals surface area contributed by atoms with Crippen molar-refractivity contribution in [2.45, 2.75) is 26.2 Å². The van der Waals surface area contributed by atoms with Crippen LogP contribution in [-0.4, -0.2) is 16.5 Å². The summed E-state index contributed by atoms with van der Waals surface area (Å²) in [6, 6.07) is 10.5. The van der Waals surface area contributed by atoms with Crippen molar-refractivity contribution in [3.8, 4) is 11.3 Å². The molecule has 0 unspecified atom stereocenters. The molecular formula is C15H19N3. The van der Waals surface area contributed by atoms with Crippen LogP contribution in [0, 0.1) is 0 Å². The number of nitrogens with two attached hydrogens (primary N) is 1. The number of hydrogen-bond acceptors (Lipinski definition) is 3. The van der Waals surface area contributed by atoms with Gasteiger partial charge in [-0.3, -0.25) is 0 Å². The van der Waals surface area contributed by atoms with E-state index in [1.165, 1.54) is 5.56 Å². The van der Waals surface area contributed by atoms with Crippen LogP contribution in [0.5, 0.6) is 0 Å². The van der Waals surface area contributed by atoms with Crippen molar-refractivity contribution >= 4 is 0 Å². The molecule has 0 saturated carbocycles. The van der Waals surface area contributed by atoms with Crippen LogP contribution < -0.4 is 5.73 Å². The summed E-state index contributed by atoms with van der Waals surface area (Å²) in [5, 5.41) is 0. The summed E-state index contributed by atoms with van der Waals surface area (Å²) in [7, 11) is 0. The van der Waals surface area contributed by atoms with Gasteiger partial charge in [0.15, 0.2) is 0 Å². The molecule has 0 aliphatic rings. The van der Waals surface area contributed by atoms with E-state index in [9.17, 15) is 0 Å². The number of benzene rings is 1. The van der Waals surface area contributed by atoms with Gasteiger partial charge in [-0.1, -0.05) is 31.2 Å². The van der Waals surface area contributed by atoms with Gasteiger partial charge < -0.3 is 5.73 Å². The van der Waals surface area contributed by atoms with E-state index in [1.807, 2.05) is 12.3 Å². The molecule has 3 heteroatoms. The second-order valence-corrected chi connectivity index (χ2v) is 4.30. The van der Waals surface area contributed by atoms with Crippen molar-refractivity contribution in [3.63, 3.8) is 0 Å². The van der Waals surface area contributed by atoms with Crippen LogP contribution in [-0.2, 0) is 12.8 Å². The van der Waals surface area contributed by atoms with Crippen LogP contribution in [0.2, 0.25) is 0 Å². The fraction of sp³-hybridized carbons (Fsp3) is 0.333. The highest BCUT2D eigenvalue weighted by Crippen LogP contribution is 2.17. The second kappa shape index (κ2) is 6.26. The van der Waals surface area contributed by atoms with E-state index in [1.54, 1.807) is 0 Å². The molecule has 0 aliphatic carbocycles. The zero-order chi connectivity index (χ0) is 12.8. The van der Waals surface area contributed by atoms with Crippen molar-refractivity contribution in [2.24, 2.45) is 5.73 Å². The third-order valence-electron chi connectivity index (χ3n) is 2.97. The number of aryl methyl sites for hydroxylation is 2. The summed E-state index contributed by atoms with van der Waals surface area (Å²) < 4.78 is 0. The molecule has 0 amide bonds. The molecule has 0 aliphatic heterocycles. The topological polar surface area (TPSA) is 51.8 Å². The lowest BCUT2D eigenvalue weighted by atomic mass is 10.1. The van der Waals surface area contributed by atoms with Gasteiger partial charge >= 0.3 is 0 Å². The Morgan fingerprint density at radius 1 is 1.11 bits per heavy atom. The minimum atomic E-state index is 0.679. The summed E-state index contributed by atoms with van der Waals surface area (Å²) in [6.45, 7) is 2.84. The first kappa shape index (κ1) is 12.7. The zero-order valence-electron chi connectivity index (χ0n) is 10.8. The molecule has 2 aromatic rings. The van der Waals surface area contributed by atoms with Crippen molar-refractivity contribution in [2.75, 3.05) is 6.54 Å². The fourth-order valence-corrected chi connectivity index (χ4v) is 1.85. The third-order valence-corrected chi connectivity index (χ3v) is 2.97. The molecule has 1 heterocycles. The minimum Gasteiger partial charge on any atom is -0.330 e. The van der Waals surface area contributed by atoms with E-state index in [0.29, 0.717) is 6.54 Å². The van der Waals surface area contributed by atoms with E-state index in [2.05, 4.69) is 41.2 Å². The monoisotopic (exact) mass is 241 g/mol. The Hall–Kier alpha value is -1.74. The Labute approximate surface area is 108 Å². The lowest BCUT2D eigenvalue weighted by molar-refractivity contribution is 0.782. The molecule has 94 valence electrons. The molecule has 0 atom stereocenters. The quantitative estimate of drug-likeness (QED) is 0.875. The molecule has 2 N–H and O–H groups in total. The first-order chi connectivity index (χ1) is 8.83. The number of hydrogen-bond donors (Lipinski definition) is 1. The van der Waals surface area contributed by atoms with Gasteiger partial charge in [-0.25, -0.2) is 9.97 Å². The first-order valence-corrected chi connectivity index (χ1v) is 6.44. The van der Waals surface area contributed by atoms with Crippen LogP contribution in [0.15, 0.2) is 36.5 Å². The smallest absolute Gasteiger partial charge is 0.128 e. The molecule has 0 saturated heterocycles.